The van der Waals surface area contributed by atoms with Crippen molar-refractivity contribution in [3.05, 3.63) is 45.7 Å². The second-order valence-corrected chi connectivity index (χ2v) is 7.34. The third-order valence-corrected chi connectivity index (χ3v) is 5.33. The van der Waals surface area contributed by atoms with Crippen molar-refractivity contribution < 1.29 is 4.79 Å². The summed E-state index contributed by atoms with van der Waals surface area (Å²) in [5.41, 5.74) is 0.917. The van der Waals surface area contributed by atoms with Gasteiger partial charge in [-0.2, -0.15) is 9.61 Å². The second-order valence-electron chi connectivity index (χ2n) is 5.89. The average Bonchev–Trinajstić information content (AvgIpc) is 3.22. The Morgan fingerprint density at radius 2 is 2.17 bits per heavy atom. The maximum atomic E-state index is 12.0. The summed E-state index contributed by atoms with van der Waals surface area (Å²) in [7, 11) is 0. The molecule has 0 spiro atoms. The fraction of sp³-hybridized carbons (Fsp3) is 0.375. The fourth-order valence-electron chi connectivity index (χ4n) is 2.51. The number of halogens is 1. The SMILES string of the molecule is O=C(CCc1nn2c(C3CC3)nnc2s1)NCc1ccccc1Cl. The number of nitrogens with zero attached hydrogens (tertiary/aromatic N) is 4. The van der Waals surface area contributed by atoms with Crippen molar-refractivity contribution in [2.24, 2.45) is 0 Å². The first-order chi connectivity index (χ1) is 11.7. The molecule has 1 aliphatic rings. The van der Waals surface area contributed by atoms with Gasteiger partial charge in [0.05, 0.1) is 0 Å². The van der Waals surface area contributed by atoms with Gasteiger partial charge >= 0.3 is 0 Å². The zero-order valence-electron chi connectivity index (χ0n) is 12.9. The van der Waals surface area contributed by atoms with E-state index in [2.05, 4.69) is 20.6 Å². The summed E-state index contributed by atoms with van der Waals surface area (Å²) in [5, 5.41) is 17.4. The van der Waals surface area contributed by atoms with Gasteiger partial charge in [0.15, 0.2) is 5.82 Å². The van der Waals surface area contributed by atoms with Gasteiger partial charge in [0, 0.05) is 30.3 Å². The molecule has 8 heteroatoms. The molecular weight excluding hydrogens is 346 g/mol. The molecule has 0 unspecified atom stereocenters. The standard InChI is InChI=1S/C16H16ClN5OS/c17-12-4-2-1-3-11(12)9-18-13(23)7-8-14-21-22-15(10-5-6-10)19-20-16(22)24-14/h1-4,10H,5-9H2,(H,18,23). The van der Waals surface area contributed by atoms with E-state index in [0.29, 0.717) is 30.3 Å². The van der Waals surface area contributed by atoms with E-state index in [1.807, 2.05) is 28.8 Å². The van der Waals surface area contributed by atoms with Crippen molar-refractivity contribution in [3.63, 3.8) is 0 Å². The summed E-state index contributed by atoms with van der Waals surface area (Å²) in [6.07, 6.45) is 3.33. The Hall–Kier alpha value is -1.99. The minimum atomic E-state index is -0.0108. The predicted octanol–water partition coefficient (Wildman–Crippen LogP) is 2.97. The highest BCUT2D eigenvalue weighted by Gasteiger charge is 2.30. The average molecular weight is 362 g/mol. The number of carbonyl (C=O) groups is 1. The topological polar surface area (TPSA) is 72.2 Å². The molecule has 0 bridgehead atoms. The van der Waals surface area contributed by atoms with E-state index in [-0.39, 0.29) is 5.91 Å². The normalized spacial score (nSPS) is 14.2. The largest absolute Gasteiger partial charge is 0.352 e. The van der Waals surface area contributed by atoms with E-state index in [4.69, 9.17) is 11.6 Å². The molecule has 0 aliphatic heterocycles. The number of carbonyl (C=O) groups excluding carboxylic acids is 1. The van der Waals surface area contributed by atoms with Gasteiger partial charge in [0.1, 0.15) is 5.01 Å². The van der Waals surface area contributed by atoms with Crippen LogP contribution in [-0.2, 0) is 17.8 Å². The molecule has 2 heterocycles. The minimum absolute atomic E-state index is 0.0108. The Balaban J connectivity index is 1.33. The number of aromatic nitrogens is 4. The second kappa shape index (κ2) is 6.49. The number of aryl methyl sites for hydroxylation is 1. The van der Waals surface area contributed by atoms with E-state index >= 15 is 0 Å². The van der Waals surface area contributed by atoms with Crippen molar-refractivity contribution in [1.29, 1.82) is 0 Å². The van der Waals surface area contributed by atoms with Gasteiger partial charge in [0.25, 0.3) is 0 Å². The minimum Gasteiger partial charge on any atom is -0.352 e. The van der Waals surface area contributed by atoms with Crippen molar-refractivity contribution in [1.82, 2.24) is 25.1 Å². The van der Waals surface area contributed by atoms with Crippen LogP contribution in [0.5, 0.6) is 0 Å². The van der Waals surface area contributed by atoms with E-state index < -0.39 is 0 Å². The van der Waals surface area contributed by atoms with Gasteiger partial charge in [-0.3, -0.25) is 4.79 Å². The highest BCUT2D eigenvalue weighted by atomic mass is 35.5. The predicted molar refractivity (Wildman–Crippen MR) is 92.3 cm³/mol. The Morgan fingerprint density at radius 3 is 2.96 bits per heavy atom. The van der Waals surface area contributed by atoms with Crippen LogP contribution in [-0.4, -0.2) is 25.7 Å². The molecule has 2 aromatic heterocycles. The molecule has 3 aromatic rings. The Bertz CT molecular complexity index is 886. The maximum Gasteiger partial charge on any atom is 0.234 e. The van der Waals surface area contributed by atoms with E-state index in [1.54, 1.807) is 0 Å². The highest BCUT2D eigenvalue weighted by Crippen LogP contribution is 2.39. The summed E-state index contributed by atoms with van der Waals surface area (Å²) in [6, 6.07) is 7.51. The molecule has 1 aliphatic carbocycles. The number of benzene rings is 1. The number of hydrogen-bond acceptors (Lipinski definition) is 5. The lowest BCUT2D eigenvalue weighted by Gasteiger charge is -2.06. The van der Waals surface area contributed by atoms with Crippen molar-refractivity contribution >= 4 is 33.8 Å². The molecule has 0 atom stereocenters. The number of nitrogens with one attached hydrogen (secondary N) is 1. The van der Waals surface area contributed by atoms with Crippen LogP contribution in [0.1, 0.15) is 41.6 Å². The third-order valence-electron chi connectivity index (χ3n) is 4.00. The molecule has 4 rings (SSSR count). The smallest absolute Gasteiger partial charge is 0.234 e. The molecule has 1 fully saturated rings. The lowest BCUT2D eigenvalue weighted by molar-refractivity contribution is -0.121. The zero-order chi connectivity index (χ0) is 16.5. The Labute approximate surface area is 147 Å². The number of hydrogen-bond donors (Lipinski definition) is 1. The summed E-state index contributed by atoms with van der Waals surface area (Å²) in [4.78, 5) is 12.8. The molecule has 6 nitrogen and oxygen atoms in total. The van der Waals surface area contributed by atoms with E-state index in [9.17, 15) is 4.79 Å². The first kappa shape index (κ1) is 15.5. The van der Waals surface area contributed by atoms with Gasteiger partial charge in [-0.05, 0) is 24.5 Å². The van der Waals surface area contributed by atoms with Crippen molar-refractivity contribution in [2.75, 3.05) is 0 Å². The van der Waals surface area contributed by atoms with Crippen LogP contribution in [0.4, 0.5) is 0 Å². The lowest BCUT2D eigenvalue weighted by Crippen LogP contribution is -2.23. The molecule has 24 heavy (non-hydrogen) atoms. The van der Waals surface area contributed by atoms with Crippen LogP contribution in [0.15, 0.2) is 24.3 Å². The van der Waals surface area contributed by atoms with Gasteiger partial charge in [-0.15, -0.1) is 10.2 Å². The van der Waals surface area contributed by atoms with E-state index in [0.717, 1.165) is 34.2 Å². The molecule has 1 saturated carbocycles. The molecule has 1 aromatic carbocycles. The molecule has 124 valence electrons. The molecule has 1 N–H and O–H groups in total. The van der Waals surface area contributed by atoms with Gasteiger partial charge < -0.3 is 5.32 Å². The number of amides is 1. The molecule has 1 amide bonds. The number of fused-ring (bicyclic) bond motifs is 1. The summed E-state index contributed by atoms with van der Waals surface area (Å²) >= 11 is 7.58. The van der Waals surface area contributed by atoms with Crippen LogP contribution in [0.3, 0.4) is 0 Å². The molecule has 0 radical (unpaired) electrons. The Kier molecular flexibility index (Phi) is 4.20. The van der Waals surface area contributed by atoms with Crippen molar-refractivity contribution in [3.8, 4) is 0 Å². The summed E-state index contributed by atoms with van der Waals surface area (Å²) in [6.45, 7) is 0.440. The first-order valence-corrected chi connectivity index (χ1v) is 9.11. The summed E-state index contributed by atoms with van der Waals surface area (Å²) < 4.78 is 1.83. The van der Waals surface area contributed by atoms with Crippen LogP contribution < -0.4 is 5.32 Å². The number of rotatable bonds is 6. The Morgan fingerprint density at radius 1 is 1.33 bits per heavy atom. The summed E-state index contributed by atoms with van der Waals surface area (Å²) in [5.74, 6) is 1.45. The lowest BCUT2D eigenvalue weighted by atomic mass is 10.2. The van der Waals surface area contributed by atoms with Gasteiger partial charge in [-0.25, -0.2) is 0 Å². The van der Waals surface area contributed by atoms with Gasteiger partial charge in [-0.1, -0.05) is 41.1 Å². The van der Waals surface area contributed by atoms with Crippen LogP contribution >= 0.6 is 22.9 Å². The third kappa shape index (κ3) is 3.27. The van der Waals surface area contributed by atoms with Crippen LogP contribution in [0.25, 0.3) is 4.96 Å². The van der Waals surface area contributed by atoms with Crippen LogP contribution in [0.2, 0.25) is 5.02 Å². The van der Waals surface area contributed by atoms with Crippen molar-refractivity contribution in [2.45, 2.75) is 38.1 Å². The molecular formula is C16H16ClN5OS. The quantitative estimate of drug-likeness (QED) is 0.732. The zero-order valence-corrected chi connectivity index (χ0v) is 14.5. The van der Waals surface area contributed by atoms with Gasteiger partial charge in [0.2, 0.25) is 10.9 Å². The highest BCUT2D eigenvalue weighted by molar-refractivity contribution is 7.16. The fourth-order valence-corrected chi connectivity index (χ4v) is 3.56. The monoisotopic (exact) mass is 361 g/mol. The van der Waals surface area contributed by atoms with Crippen LogP contribution in [0, 0.1) is 0 Å². The molecule has 0 saturated heterocycles. The first-order valence-electron chi connectivity index (χ1n) is 7.92. The van der Waals surface area contributed by atoms with E-state index in [1.165, 1.54) is 11.3 Å². The maximum absolute atomic E-state index is 12.0.